The van der Waals surface area contributed by atoms with E-state index in [1.807, 2.05) is 45.0 Å². The minimum Gasteiger partial charge on any atom is -0.493 e. The molecule has 0 spiro atoms. The Balaban J connectivity index is 2.29. The minimum absolute atomic E-state index is 0.0426. The first-order valence-electron chi connectivity index (χ1n) is 7.06. The van der Waals surface area contributed by atoms with Gasteiger partial charge in [-0.05, 0) is 44.5 Å². The van der Waals surface area contributed by atoms with E-state index in [9.17, 15) is 4.79 Å². The average Bonchev–Trinajstić information content (AvgIpc) is 2.74. The largest absolute Gasteiger partial charge is 0.493 e. The van der Waals surface area contributed by atoms with Crippen LogP contribution in [0.15, 0.2) is 23.1 Å². The van der Waals surface area contributed by atoms with Gasteiger partial charge in [0, 0.05) is 6.54 Å². The normalized spacial score (nSPS) is 16.8. The van der Waals surface area contributed by atoms with Crippen molar-refractivity contribution in [3.63, 3.8) is 0 Å². The fraction of sp³-hybridized carbons (Fsp3) is 0.375. The van der Waals surface area contributed by atoms with E-state index in [0.717, 1.165) is 5.56 Å². The van der Waals surface area contributed by atoms with Crippen LogP contribution in [0.4, 0.5) is 0 Å². The van der Waals surface area contributed by atoms with Crippen molar-refractivity contribution in [2.75, 3.05) is 13.7 Å². The molecule has 4 nitrogen and oxygen atoms in total. The Labute approximate surface area is 140 Å². The van der Waals surface area contributed by atoms with E-state index in [1.54, 1.807) is 12.0 Å². The zero-order valence-electron chi connectivity index (χ0n) is 13.1. The average molecular weight is 337 g/mol. The number of hydrogen-bond donors (Lipinski definition) is 0. The summed E-state index contributed by atoms with van der Waals surface area (Å²) < 4.78 is 11.6. The molecule has 0 aromatic heterocycles. The maximum absolute atomic E-state index is 12.2. The van der Waals surface area contributed by atoms with Gasteiger partial charge in [0.15, 0.2) is 11.5 Å². The molecule has 2 rings (SSSR count). The number of hydrogen-bond acceptors (Lipinski definition) is 5. The van der Waals surface area contributed by atoms with E-state index in [1.165, 1.54) is 11.8 Å². The molecule has 0 atom stereocenters. The first-order valence-corrected chi connectivity index (χ1v) is 8.28. The van der Waals surface area contributed by atoms with E-state index in [0.29, 0.717) is 27.3 Å². The fourth-order valence-corrected chi connectivity index (χ4v) is 3.43. The van der Waals surface area contributed by atoms with E-state index < -0.39 is 0 Å². The summed E-state index contributed by atoms with van der Waals surface area (Å²) in [6.45, 7) is 6.42. The van der Waals surface area contributed by atoms with Crippen molar-refractivity contribution in [3.05, 3.63) is 28.7 Å². The van der Waals surface area contributed by atoms with Gasteiger partial charge >= 0.3 is 0 Å². The van der Waals surface area contributed by atoms with Gasteiger partial charge in [0.2, 0.25) is 0 Å². The highest BCUT2D eigenvalue weighted by molar-refractivity contribution is 8.26. The Morgan fingerprint density at radius 3 is 2.64 bits per heavy atom. The summed E-state index contributed by atoms with van der Waals surface area (Å²) in [6.07, 6.45) is 1.90. The van der Waals surface area contributed by atoms with Crippen molar-refractivity contribution in [1.82, 2.24) is 4.90 Å². The van der Waals surface area contributed by atoms with Gasteiger partial charge in [-0.25, -0.2) is 0 Å². The predicted molar refractivity (Wildman–Crippen MR) is 94.3 cm³/mol. The van der Waals surface area contributed by atoms with Gasteiger partial charge in [0.05, 0.1) is 18.1 Å². The molecule has 1 saturated heterocycles. The lowest BCUT2D eigenvalue weighted by molar-refractivity contribution is -0.121. The van der Waals surface area contributed by atoms with Crippen LogP contribution < -0.4 is 9.47 Å². The molecule has 0 radical (unpaired) electrons. The summed E-state index contributed by atoms with van der Waals surface area (Å²) in [5, 5.41) is 0. The quantitative estimate of drug-likeness (QED) is 0.605. The van der Waals surface area contributed by atoms with Gasteiger partial charge in [-0.2, -0.15) is 0 Å². The molecule has 1 fully saturated rings. The molecule has 1 aromatic carbocycles. The number of amides is 1. The topological polar surface area (TPSA) is 38.8 Å². The third-order valence-corrected chi connectivity index (χ3v) is 4.42. The van der Waals surface area contributed by atoms with Crippen LogP contribution in [0.5, 0.6) is 11.5 Å². The third kappa shape index (κ3) is 3.62. The zero-order valence-corrected chi connectivity index (χ0v) is 14.7. The molecule has 0 bridgehead atoms. The smallest absolute Gasteiger partial charge is 0.266 e. The number of methoxy groups -OCH3 is 1. The number of benzene rings is 1. The standard InChI is InChI=1S/C16H19NO3S2/c1-5-17-15(18)14(22-16(17)21)9-11-6-7-12(20-10(2)3)13(8-11)19-4/h6-10H,5H2,1-4H3. The summed E-state index contributed by atoms with van der Waals surface area (Å²) in [5.74, 6) is 1.29. The monoisotopic (exact) mass is 337 g/mol. The van der Waals surface area contributed by atoms with Crippen molar-refractivity contribution >= 4 is 40.3 Å². The Bertz CT molecular complexity index is 626. The SMILES string of the molecule is CCN1C(=O)C(=Cc2ccc(OC(C)C)c(OC)c2)SC1=S. The molecule has 1 aromatic rings. The van der Waals surface area contributed by atoms with E-state index in [2.05, 4.69) is 0 Å². The van der Waals surface area contributed by atoms with Gasteiger partial charge < -0.3 is 9.47 Å². The molecule has 0 N–H and O–H groups in total. The summed E-state index contributed by atoms with van der Waals surface area (Å²) in [5.41, 5.74) is 0.879. The molecule has 0 unspecified atom stereocenters. The number of thiocarbonyl (C=S) groups is 1. The van der Waals surface area contributed by atoms with Crippen LogP contribution in [0.25, 0.3) is 6.08 Å². The zero-order chi connectivity index (χ0) is 16.3. The third-order valence-electron chi connectivity index (χ3n) is 3.04. The summed E-state index contributed by atoms with van der Waals surface area (Å²) in [7, 11) is 1.60. The Kier molecular flexibility index (Phi) is 5.47. The molecule has 1 aliphatic rings. The predicted octanol–water partition coefficient (Wildman–Crippen LogP) is 3.70. The van der Waals surface area contributed by atoms with Crippen molar-refractivity contribution in [3.8, 4) is 11.5 Å². The lowest BCUT2D eigenvalue weighted by Gasteiger charge is -2.14. The summed E-state index contributed by atoms with van der Waals surface area (Å²) in [6, 6.07) is 5.61. The second-order valence-electron chi connectivity index (χ2n) is 5.00. The van der Waals surface area contributed by atoms with Gasteiger partial charge in [-0.3, -0.25) is 9.69 Å². The van der Waals surface area contributed by atoms with E-state index in [-0.39, 0.29) is 12.0 Å². The molecule has 22 heavy (non-hydrogen) atoms. The van der Waals surface area contributed by atoms with Crippen LogP contribution in [0.1, 0.15) is 26.3 Å². The maximum Gasteiger partial charge on any atom is 0.266 e. The molecule has 0 aliphatic carbocycles. The Hall–Kier alpha value is -1.53. The molecular formula is C16H19NO3S2. The van der Waals surface area contributed by atoms with Crippen molar-refractivity contribution < 1.29 is 14.3 Å². The van der Waals surface area contributed by atoms with Gasteiger partial charge in [-0.15, -0.1) is 0 Å². The first kappa shape index (κ1) is 16.8. The van der Waals surface area contributed by atoms with Crippen molar-refractivity contribution in [1.29, 1.82) is 0 Å². The highest BCUT2D eigenvalue weighted by Crippen LogP contribution is 2.34. The number of carbonyl (C=O) groups is 1. The first-order chi connectivity index (χ1) is 10.5. The number of nitrogens with zero attached hydrogens (tertiary/aromatic N) is 1. The number of ether oxygens (including phenoxy) is 2. The highest BCUT2D eigenvalue weighted by Gasteiger charge is 2.30. The van der Waals surface area contributed by atoms with Crippen LogP contribution in [0, 0.1) is 0 Å². The second-order valence-corrected chi connectivity index (χ2v) is 6.68. The molecule has 1 heterocycles. The lowest BCUT2D eigenvalue weighted by Crippen LogP contribution is -2.27. The van der Waals surface area contributed by atoms with Crippen LogP contribution in [0.3, 0.4) is 0 Å². The van der Waals surface area contributed by atoms with Crippen LogP contribution in [0.2, 0.25) is 0 Å². The Morgan fingerprint density at radius 2 is 2.09 bits per heavy atom. The van der Waals surface area contributed by atoms with E-state index >= 15 is 0 Å². The number of likely N-dealkylation sites (N-methyl/N-ethyl adjacent to an activating group) is 1. The molecule has 0 saturated carbocycles. The maximum atomic E-state index is 12.2. The van der Waals surface area contributed by atoms with Crippen LogP contribution in [-0.4, -0.2) is 34.9 Å². The van der Waals surface area contributed by atoms with Gasteiger partial charge in [0.25, 0.3) is 5.91 Å². The van der Waals surface area contributed by atoms with Crippen molar-refractivity contribution in [2.45, 2.75) is 26.9 Å². The molecular weight excluding hydrogens is 318 g/mol. The van der Waals surface area contributed by atoms with Crippen LogP contribution in [-0.2, 0) is 4.79 Å². The molecule has 1 aliphatic heterocycles. The summed E-state index contributed by atoms with van der Waals surface area (Å²) >= 11 is 6.54. The minimum atomic E-state index is -0.0426. The molecule has 118 valence electrons. The van der Waals surface area contributed by atoms with Crippen molar-refractivity contribution in [2.24, 2.45) is 0 Å². The van der Waals surface area contributed by atoms with Crippen LogP contribution >= 0.6 is 24.0 Å². The second kappa shape index (κ2) is 7.15. The number of rotatable bonds is 5. The highest BCUT2D eigenvalue weighted by atomic mass is 32.2. The molecule has 1 amide bonds. The molecule has 6 heteroatoms. The fourth-order valence-electron chi connectivity index (χ4n) is 2.05. The lowest BCUT2D eigenvalue weighted by atomic mass is 10.2. The Morgan fingerprint density at radius 1 is 1.36 bits per heavy atom. The van der Waals surface area contributed by atoms with E-state index in [4.69, 9.17) is 21.7 Å². The summed E-state index contributed by atoms with van der Waals surface area (Å²) in [4.78, 5) is 14.4. The number of thioether (sulfide) groups is 1. The van der Waals surface area contributed by atoms with Gasteiger partial charge in [-0.1, -0.05) is 30.0 Å². The van der Waals surface area contributed by atoms with Gasteiger partial charge in [0.1, 0.15) is 4.32 Å². The number of carbonyl (C=O) groups excluding carboxylic acids is 1.